The van der Waals surface area contributed by atoms with Gasteiger partial charge >= 0.3 is 0 Å². The normalized spacial score (nSPS) is 22.0. The van der Waals surface area contributed by atoms with Crippen molar-refractivity contribution in [2.24, 2.45) is 11.8 Å². The number of fused-ring (bicyclic) bond motifs is 3. The molecule has 1 aromatic carbocycles. The summed E-state index contributed by atoms with van der Waals surface area (Å²) in [4.78, 5) is 1.85. The largest absolute Gasteiger partial charge is 0.497 e. The highest BCUT2D eigenvalue weighted by Gasteiger charge is 2.32. The first-order valence-corrected chi connectivity index (χ1v) is 11.9. The third-order valence-corrected chi connectivity index (χ3v) is 6.92. The number of hydrogen-bond donors (Lipinski definition) is 2. The van der Waals surface area contributed by atoms with Gasteiger partial charge in [0.2, 0.25) is 0 Å². The lowest BCUT2D eigenvalue weighted by Crippen LogP contribution is -2.35. The van der Waals surface area contributed by atoms with Crippen LogP contribution in [0.4, 0.5) is 0 Å². The van der Waals surface area contributed by atoms with Gasteiger partial charge in [-0.15, -0.1) is 0 Å². The van der Waals surface area contributed by atoms with Gasteiger partial charge in [0.1, 0.15) is 4.99 Å². The van der Waals surface area contributed by atoms with Gasteiger partial charge in [-0.2, -0.15) is 0 Å². The van der Waals surface area contributed by atoms with E-state index in [0.717, 1.165) is 66.2 Å². The number of rotatable bonds is 7. The van der Waals surface area contributed by atoms with E-state index in [-0.39, 0.29) is 0 Å². The predicted octanol–water partition coefficient (Wildman–Crippen LogP) is 5.20. The summed E-state index contributed by atoms with van der Waals surface area (Å²) in [5, 5.41) is 6.84. The van der Waals surface area contributed by atoms with Crippen LogP contribution in [0.5, 0.6) is 0 Å². The molecule has 2 aliphatic carbocycles. The van der Waals surface area contributed by atoms with Crippen LogP contribution in [0.15, 0.2) is 41.7 Å². The summed E-state index contributed by atoms with van der Waals surface area (Å²) in [5.41, 5.74) is 5.16. The van der Waals surface area contributed by atoms with Gasteiger partial charge < -0.3 is 15.4 Å². The Kier molecular flexibility index (Phi) is 6.89. The number of benzene rings is 1. The monoisotopic (exact) mass is 440 g/mol. The van der Waals surface area contributed by atoms with Crippen molar-refractivity contribution in [2.45, 2.75) is 51.9 Å². The van der Waals surface area contributed by atoms with Crippen LogP contribution in [-0.4, -0.2) is 29.7 Å². The molecule has 4 rings (SSSR count). The Morgan fingerprint density at radius 3 is 2.77 bits per heavy atom. The second kappa shape index (κ2) is 9.61. The fourth-order valence-corrected chi connectivity index (χ4v) is 4.82. The zero-order chi connectivity index (χ0) is 21.1. The van der Waals surface area contributed by atoms with Gasteiger partial charge in [0.25, 0.3) is 0 Å². The molecule has 160 valence electrons. The second-order valence-electron chi connectivity index (χ2n) is 9.13. The average molecular weight is 441 g/mol. The molecule has 3 nitrogen and oxygen atoms in total. The van der Waals surface area contributed by atoms with Crippen LogP contribution < -0.4 is 10.6 Å². The first-order valence-electron chi connectivity index (χ1n) is 11.1. The third kappa shape index (κ3) is 5.50. The number of nitrogens with one attached hydrogen (secondary N) is 2. The molecular weight excluding hydrogens is 408 g/mol. The van der Waals surface area contributed by atoms with Gasteiger partial charge in [-0.05, 0) is 68.7 Å². The summed E-state index contributed by atoms with van der Waals surface area (Å²) in [6.07, 6.45) is 10.2. The van der Waals surface area contributed by atoms with E-state index in [4.69, 9.17) is 29.2 Å². The Hall–Kier alpha value is -1.72. The summed E-state index contributed by atoms with van der Waals surface area (Å²) >= 11 is 11.1. The van der Waals surface area contributed by atoms with Crippen molar-refractivity contribution in [3.8, 4) is 0 Å². The van der Waals surface area contributed by atoms with Crippen LogP contribution in [0.1, 0.15) is 62.1 Å². The van der Waals surface area contributed by atoms with E-state index in [1.807, 2.05) is 0 Å². The predicted molar refractivity (Wildman–Crippen MR) is 132 cm³/mol. The first kappa shape index (κ1) is 21.5. The minimum Gasteiger partial charge on any atom is -0.497 e. The van der Waals surface area contributed by atoms with Crippen LogP contribution >= 0.6 is 24.4 Å². The fourth-order valence-electron chi connectivity index (χ4n) is 4.29. The van der Waals surface area contributed by atoms with E-state index >= 15 is 0 Å². The molecule has 0 spiro atoms. The van der Waals surface area contributed by atoms with Crippen molar-refractivity contribution in [3.05, 3.63) is 58.4 Å². The van der Waals surface area contributed by atoms with Gasteiger partial charge in [-0.1, -0.05) is 48.2 Å². The Balaban J connectivity index is 1.38. The van der Waals surface area contributed by atoms with E-state index in [2.05, 4.69) is 54.8 Å². The van der Waals surface area contributed by atoms with Crippen molar-refractivity contribution in [3.63, 3.8) is 0 Å². The number of ether oxygens (including phenoxy) is 1. The molecule has 1 saturated carbocycles. The summed E-state index contributed by atoms with van der Waals surface area (Å²) in [6, 6.07) is 6.67. The van der Waals surface area contributed by atoms with Gasteiger partial charge in [0.15, 0.2) is 0 Å². The molecule has 2 unspecified atom stereocenters. The Labute approximate surface area is 191 Å². The highest BCUT2D eigenvalue weighted by molar-refractivity contribution is 7.80. The van der Waals surface area contributed by atoms with Crippen LogP contribution in [0.3, 0.4) is 0 Å². The molecule has 5 heteroatoms. The summed E-state index contributed by atoms with van der Waals surface area (Å²) in [5.74, 6) is 2.83. The van der Waals surface area contributed by atoms with Crippen molar-refractivity contribution in [1.29, 1.82) is 0 Å². The minimum atomic E-state index is 0.354. The molecule has 1 heterocycles. The zero-order valence-electron chi connectivity index (χ0n) is 18.0. The fraction of sp³-hybridized carbons (Fsp3) is 0.520. The molecular formula is C25H32N2OS2. The number of thiocarbonyl (C=S) groups is 2. The van der Waals surface area contributed by atoms with Gasteiger partial charge in [-0.3, -0.25) is 0 Å². The van der Waals surface area contributed by atoms with E-state index in [9.17, 15) is 0 Å². The van der Waals surface area contributed by atoms with Gasteiger partial charge in [-0.25, -0.2) is 0 Å². The highest BCUT2D eigenvalue weighted by Crippen LogP contribution is 2.41. The van der Waals surface area contributed by atoms with E-state index < -0.39 is 0 Å². The third-order valence-electron chi connectivity index (χ3n) is 6.23. The molecule has 0 aromatic heterocycles. The topological polar surface area (TPSA) is 33.3 Å². The SMILES string of the molecule is CC(C)=CCNC(=S)c1ccc2c(c1)CC=C1OCC(CNC(=S)CC3CC3)CC12. The quantitative estimate of drug-likeness (QED) is 0.450. The Morgan fingerprint density at radius 1 is 1.17 bits per heavy atom. The summed E-state index contributed by atoms with van der Waals surface area (Å²) in [7, 11) is 0. The number of hydrogen-bond acceptors (Lipinski definition) is 3. The van der Waals surface area contributed by atoms with Gasteiger partial charge in [0.05, 0.1) is 17.4 Å². The summed E-state index contributed by atoms with van der Waals surface area (Å²) < 4.78 is 6.16. The average Bonchev–Trinajstić information content (AvgIpc) is 3.55. The molecule has 2 atom stereocenters. The lowest BCUT2D eigenvalue weighted by Gasteiger charge is -2.36. The molecule has 0 amide bonds. The lowest BCUT2D eigenvalue weighted by atomic mass is 9.79. The van der Waals surface area contributed by atoms with Crippen LogP contribution in [-0.2, 0) is 11.2 Å². The minimum absolute atomic E-state index is 0.354. The lowest BCUT2D eigenvalue weighted by molar-refractivity contribution is 0.0999. The van der Waals surface area contributed by atoms with Gasteiger partial charge in [0, 0.05) is 36.9 Å². The maximum Gasteiger partial charge on any atom is 0.106 e. The van der Waals surface area contributed by atoms with E-state index in [1.165, 1.54) is 29.5 Å². The van der Waals surface area contributed by atoms with E-state index in [0.29, 0.717) is 11.8 Å². The number of allylic oxidation sites excluding steroid dienone is 3. The van der Waals surface area contributed by atoms with E-state index in [1.54, 1.807) is 0 Å². The van der Waals surface area contributed by atoms with Crippen LogP contribution in [0.2, 0.25) is 0 Å². The van der Waals surface area contributed by atoms with Crippen molar-refractivity contribution in [1.82, 2.24) is 10.6 Å². The van der Waals surface area contributed by atoms with Crippen LogP contribution in [0.25, 0.3) is 0 Å². The molecule has 30 heavy (non-hydrogen) atoms. The highest BCUT2D eigenvalue weighted by atomic mass is 32.1. The smallest absolute Gasteiger partial charge is 0.106 e. The Morgan fingerprint density at radius 2 is 2.00 bits per heavy atom. The van der Waals surface area contributed by atoms with Crippen molar-refractivity contribution in [2.75, 3.05) is 19.7 Å². The first-order chi connectivity index (χ1) is 14.5. The standard InChI is InChI=1S/C25H32N2OS2/c1-16(2)9-10-26-25(30)20-5-7-21-19(13-20)6-8-23-22(21)11-18(15-28-23)14-27-24(29)12-17-3-4-17/h5,7-9,13,17-18,22H,3-4,6,10-12,14-15H2,1-2H3,(H,26,30)(H,27,29). The molecule has 1 aliphatic heterocycles. The maximum absolute atomic E-state index is 6.16. The summed E-state index contributed by atoms with van der Waals surface area (Å²) in [6.45, 7) is 6.68. The molecule has 0 radical (unpaired) electrons. The van der Waals surface area contributed by atoms with Crippen LogP contribution in [0, 0.1) is 11.8 Å². The maximum atomic E-state index is 6.16. The molecule has 3 aliphatic rings. The Bertz CT molecular complexity index is 881. The molecule has 2 N–H and O–H groups in total. The molecule has 1 saturated heterocycles. The zero-order valence-corrected chi connectivity index (χ0v) is 19.6. The van der Waals surface area contributed by atoms with Crippen molar-refractivity contribution < 1.29 is 4.74 Å². The molecule has 2 fully saturated rings. The molecule has 0 bridgehead atoms. The second-order valence-corrected chi connectivity index (χ2v) is 10.0. The van der Waals surface area contributed by atoms with Crippen molar-refractivity contribution >= 4 is 34.4 Å². The molecule has 1 aromatic rings.